The monoisotopic (exact) mass is 181 g/mol. The van der Waals surface area contributed by atoms with E-state index >= 15 is 0 Å². The molecule has 1 unspecified atom stereocenters. The molecule has 2 nitrogen and oxygen atoms in total. The maximum Gasteiger partial charge on any atom is 0.133 e. The summed E-state index contributed by atoms with van der Waals surface area (Å²) in [5, 5.41) is 8.42. The van der Waals surface area contributed by atoms with Crippen LogP contribution in [0.5, 0.6) is 0 Å². The van der Waals surface area contributed by atoms with Crippen LogP contribution >= 0.6 is 0 Å². The van der Waals surface area contributed by atoms with Crippen LogP contribution in [0, 0.1) is 22.7 Å². The maximum absolute atomic E-state index is 11.4. The summed E-state index contributed by atoms with van der Waals surface area (Å²) in [5.41, 5.74) is 0.0729. The van der Waals surface area contributed by atoms with E-state index in [1.54, 1.807) is 0 Å². The van der Waals surface area contributed by atoms with Gasteiger partial charge in [-0.05, 0) is 11.3 Å². The molecule has 0 aromatic rings. The Morgan fingerprint density at radius 2 is 2.00 bits per heavy atom. The Hall–Kier alpha value is -0.840. The first-order valence-corrected chi connectivity index (χ1v) is 4.74. The van der Waals surface area contributed by atoms with Gasteiger partial charge in [0.15, 0.2) is 0 Å². The summed E-state index contributed by atoms with van der Waals surface area (Å²) in [5.74, 6) is 0.482. The molecule has 0 amide bonds. The van der Waals surface area contributed by atoms with Gasteiger partial charge < -0.3 is 0 Å². The van der Waals surface area contributed by atoms with E-state index in [-0.39, 0.29) is 17.1 Å². The lowest BCUT2D eigenvalue weighted by Crippen LogP contribution is -2.14. The van der Waals surface area contributed by atoms with E-state index in [1.165, 1.54) is 0 Å². The van der Waals surface area contributed by atoms with Crippen molar-refractivity contribution in [2.45, 2.75) is 47.0 Å². The lowest BCUT2D eigenvalue weighted by Gasteiger charge is -2.17. The molecular formula is C11H19NO. The van der Waals surface area contributed by atoms with Crippen LogP contribution in [-0.4, -0.2) is 5.78 Å². The highest BCUT2D eigenvalue weighted by Crippen LogP contribution is 2.21. The molecule has 0 aliphatic rings. The zero-order chi connectivity index (χ0) is 10.5. The molecular weight excluding hydrogens is 162 g/mol. The van der Waals surface area contributed by atoms with Crippen molar-refractivity contribution in [1.29, 1.82) is 5.26 Å². The van der Waals surface area contributed by atoms with Gasteiger partial charge in [-0.1, -0.05) is 27.7 Å². The molecule has 0 rings (SSSR count). The van der Waals surface area contributed by atoms with Crippen LogP contribution in [0.15, 0.2) is 0 Å². The molecule has 2 heteroatoms. The molecule has 0 aromatic heterocycles. The first kappa shape index (κ1) is 12.2. The van der Waals surface area contributed by atoms with E-state index in [4.69, 9.17) is 5.26 Å². The minimum Gasteiger partial charge on any atom is -0.300 e. The Kier molecular flexibility index (Phi) is 4.69. The number of nitrogens with zero attached hydrogens (tertiary/aromatic N) is 1. The molecule has 0 spiro atoms. The van der Waals surface area contributed by atoms with E-state index < -0.39 is 0 Å². The van der Waals surface area contributed by atoms with Crippen molar-refractivity contribution >= 4 is 5.78 Å². The van der Waals surface area contributed by atoms with Crippen molar-refractivity contribution in [3.63, 3.8) is 0 Å². The van der Waals surface area contributed by atoms with Gasteiger partial charge in [0, 0.05) is 19.3 Å². The zero-order valence-electron chi connectivity index (χ0n) is 9.05. The Labute approximate surface area is 80.9 Å². The first-order valence-electron chi connectivity index (χ1n) is 4.74. The minimum absolute atomic E-state index is 0.0729. The van der Waals surface area contributed by atoms with Crippen molar-refractivity contribution in [2.75, 3.05) is 0 Å². The SMILES string of the molecule is CC(CC#N)CC(=O)CC(C)(C)C. The quantitative estimate of drug-likeness (QED) is 0.669. The number of rotatable bonds is 4. The Bertz CT molecular complexity index is 207. The Morgan fingerprint density at radius 3 is 2.38 bits per heavy atom. The number of hydrogen-bond acceptors (Lipinski definition) is 2. The summed E-state index contributed by atoms with van der Waals surface area (Å²) in [6.45, 7) is 8.11. The molecule has 0 aliphatic heterocycles. The van der Waals surface area contributed by atoms with E-state index in [2.05, 4.69) is 26.8 Å². The predicted octanol–water partition coefficient (Wildman–Crippen LogP) is 2.93. The number of hydrogen-bond donors (Lipinski definition) is 0. The molecule has 1 atom stereocenters. The summed E-state index contributed by atoms with van der Waals surface area (Å²) < 4.78 is 0. The van der Waals surface area contributed by atoms with Gasteiger partial charge in [0.2, 0.25) is 0 Å². The normalized spacial score (nSPS) is 13.5. The lowest BCUT2D eigenvalue weighted by atomic mass is 9.87. The van der Waals surface area contributed by atoms with E-state index in [9.17, 15) is 4.79 Å². The van der Waals surface area contributed by atoms with Crippen molar-refractivity contribution in [3.05, 3.63) is 0 Å². The third kappa shape index (κ3) is 7.52. The van der Waals surface area contributed by atoms with Crippen molar-refractivity contribution in [1.82, 2.24) is 0 Å². The van der Waals surface area contributed by atoms with Crippen LogP contribution in [0.4, 0.5) is 0 Å². The Balaban J connectivity index is 3.83. The molecule has 0 saturated carbocycles. The fourth-order valence-corrected chi connectivity index (χ4v) is 1.28. The summed E-state index contributed by atoms with van der Waals surface area (Å²) >= 11 is 0. The highest BCUT2D eigenvalue weighted by atomic mass is 16.1. The van der Waals surface area contributed by atoms with E-state index in [0.29, 0.717) is 19.3 Å². The highest BCUT2D eigenvalue weighted by molar-refractivity contribution is 5.79. The average Bonchev–Trinajstić information content (AvgIpc) is 1.81. The molecule has 74 valence electrons. The van der Waals surface area contributed by atoms with Crippen LogP contribution in [0.3, 0.4) is 0 Å². The molecule has 0 bridgehead atoms. The number of carbonyl (C=O) groups excluding carboxylic acids is 1. The van der Waals surface area contributed by atoms with Gasteiger partial charge in [0.1, 0.15) is 5.78 Å². The molecule has 0 fully saturated rings. The second kappa shape index (κ2) is 5.01. The van der Waals surface area contributed by atoms with E-state index in [0.717, 1.165) is 0 Å². The molecule has 13 heavy (non-hydrogen) atoms. The summed E-state index contributed by atoms with van der Waals surface area (Å²) in [6.07, 6.45) is 1.64. The van der Waals surface area contributed by atoms with Crippen molar-refractivity contribution in [2.24, 2.45) is 11.3 Å². The van der Waals surface area contributed by atoms with Crippen LogP contribution in [-0.2, 0) is 4.79 Å². The van der Waals surface area contributed by atoms with Gasteiger partial charge in [0.05, 0.1) is 6.07 Å². The molecule has 0 aliphatic carbocycles. The number of carbonyl (C=O) groups is 1. The third-order valence-corrected chi connectivity index (χ3v) is 1.74. The molecule has 0 heterocycles. The third-order valence-electron chi connectivity index (χ3n) is 1.74. The second-order valence-corrected chi connectivity index (χ2v) is 4.95. The van der Waals surface area contributed by atoms with E-state index in [1.807, 2.05) is 6.92 Å². The molecule has 0 radical (unpaired) electrons. The summed E-state index contributed by atoms with van der Waals surface area (Å²) in [4.78, 5) is 11.4. The fraction of sp³-hybridized carbons (Fsp3) is 0.818. The molecule has 0 aromatic carbocycles. The van der Waals surface area contributed by atoms with Crippen LogP contribution in [0.2, 0.25) is 0 Å². The number of Topliss-reactive ketones (excluding diaryl/α,β-unsaturated/α-hetero) is 1. The lowest BCUT2D eigenvalue weighted by molar-refractivity contribution is -0.121. The molecule has 0 N–H and O–H groups in total. The fourth-order valence-electron chi connectivity index (χ4n) is 1.28. The summed E-state index contributed by atoms with van der Waals surface area (Å²) in [6, 6.07) is 2.08. The largest absolute Gasteiger partial charge is 0.300 e. The average molecular weight is 181 g/mol. The maximum atomic E-state index is 11.4. The van der Waals surface area contributed by atoms with Gasteiger partial charge in [0.25, 0.3) is 0 Å². The highest BCUT2D eigenvalue weighted by Gasteiger charge is 2.17. The molecule has 0 saturated heterocycles. The summed E-state index contributed by atoms with van der Waals surface area (Å²) in [7, 11) is 0. The number of nitriles is 1. The second-order valence-electron chi connectivity index (χ2n) is 4.95. The van der Waals surface area contributed by atoms with Gasteiger partial charge in [-0.15, -0.1) is 0 Å². The predicted molar refractivity (Wildman–Crippen MR) is 53.1 cm³/mol. The van der Waals surface area contributed by atoms with Crippen molar-refractivity contribution < 1.29 is 4.79 Å². The van der Waals surface area contributed by atoms with Gasteiger partial charge >= 0.3 is 0 Å². The number of ketones is 1. The van der Waals surface area contributed by atoms with Gasteiger partial charge in [-0.2, -0.15) is 5.26 Å². The van der Waals surface area contributed by atoms with Crippen LogP contribution < -0.4 is 0 Å². The van der Waals surface area contributed by atoms with Crippen LogP contribution in [0.1, 0.15) is 47.0 Å². The van der Waals surface area contributed by atoms with Gasteiger partial charge in [-0.25, -0.2) is 0 Å². The minimum atomic E-state index is 0.0729. The zero-order valence-corrected chi connectivity index (χ0v) is 9.05. The Morgan fingerprint density at radius 1 is 1.46 bits per heavy atom. The smallest absolute Gasteiger partial charge is 0.133 e. The first-order chi connectivity index (χ1) is 5.85. The van der Waals surface area contributed by atoms with Gasteiger partial charge in [-0.3, -0.25) is 4.79 Å². The van der Waals surface area contributed by atoms with Crippen molar-refractivity contribution in [3.8, 4) is 6.07 Å². The topological polar surface area (TPSA) is 40.9 Å². The van der Waals surface area contributed by atoms with Crippen LogP contribution in [0.25, 0.3) is 0 Å². The standard InChI is InChI=1S/C11H19NO/c1-9(5-6-12)7-10(13)8-11(2,3)4/h9H,5,7-8H2,1-4H3.